The largest absolute Gasteiger partial charge is 0.302 e. The van der Waals surface area contributed by atoms with E-state index in [2.05, 4.69) is 18.1 Å². The molecule has 0 unspecified atom stereocenters. The van der Waals surface area contributed by atoms with Crippen molar-refractivity contribution in [1.29, 1.82) is 0 Å². The molecule has 4 heteroatoms. The van der Waals surface area contributed by atoms with E-state index in [1.165, 1.54) is 0 Å². The minimum absolute atomic E-state index is 0.302. The molecular weight excluding hydrogens is 112 g/mol. The summed E-state index contributed by atoms with van der Waals surface area (Å²) in [5, 5.41) is 0. The van der Waals surface area contributed by atoms with E-state index >= 15 is 0 Å². The Balaban J connectivity index is 3.16. The highest BCUT2D eigenvalue weighted by molar-refractivity contribution is 7.80. The normalized spacial score (nSPS) is 13.4. The van der Waals surface area contributed by atoms with Crippen LogP contribution in [0.2, 0.25) is 0 Å². The molecular formula is C3H8N2OS. The van der Waals surface area contributed by atoms with Gasteiger partial charge in [-0.3, -0.25) is 5.84 Å². The van der Waals surface area contributed by atoms with Gasteiger partial charge in [0.25, 0.3) is 0 Å². The minimum Gasteiger partial charge on any atom is -0.302 e. The van der Waals surface area contributed by atoms with Crippen LogP contribution in [0.3, 0.4) is 0 Å². The molecule has 0 saturated heterocycles. The van der Waals surface area contributed by atoms with Crippen LogP contribution in [0.25, 0.3) is 0 Å². The molecule has 0 aliphatic heterocycles. The third-order valence-corrected chi connectivity index (χ3v) is 0.968. The fourth-order valence-corrected chi connectivity index (χ4v) is 0.326. The zero-order valence-corrected chi connectivity index (χ0v) is 4.69. The number of thiol groups is 1. The Bertz CT molecular complexity index is 54.9. The molecule has 3 N–H and O–H groups in total. The van der Waals surface area contributed by atoms with Gasteiger partial charge >= 0.3 is 0 Å². The van der Waals surface area contributed by atoms with Crippen LogP contribution in [0.1, 0.15) is 0 Å². The molecule has 3 nitrogen and oxygen atoms in total. The summed E-state index contributed by atoms with van der Waals surface area (Å²) in [4.78, 5) is 9.78. The molecule has 1 atom stereocenters. The fourth-order valence-electron chi connectivity index (χ4n) is 0.135. The van der Waals surface area contributed by atoms with Gasteiger partial charge in [0.2, 0.25) is 0 Å². The standard InChI is InChI=1S/C3H8N2OS/c4-5-3(1-6)2-7/h1,3,5,7H,2,4H2/t3-/m1/s1. The van der Waals surface area contributed by atoms with E-state index in [1.54, 1.807) is 0 Å². The highest BCUT2D eigenvalue weighted by Crippen LogP contribution is 1.77. The van der Waals surface area contributed by atoms with Crippen molar-refractivity contribution in [3.05, 3.63) is 0 Å². The first-order chi connectivity index (χ1) is 3.35. The SMILES string of the molecule is NN[C@H](C=O)CS. The second-order valence-electron chi connectivity index (χ2n) is 1.09. The lowest BCUT2D eigenvalue weighted by Gasteiger charge is -2.00. The highest BCUT2D eigenvalue weighted by atomic mass is 32.1. The number of carbonyl (C=O) groups is 1. The summed E-state index contributed by atoms with van der Waals surface area (Å²) in [7, 11) is 0. The second-order valence-corrected chi connectivity index (χ2v) is 1.46. The molecule has 0 aromatic carbocycles. The molecule has 7 heavy (non-hydrogen) atoms. The zero-order valence-electron chi connectivity index (χ0n) is 3.79. The number of nitrogens with two attached hydrogens (primary N) is 1. The van der Waals surface area contributed by atoms with Crippen LogP contribution in [-0.2, 0) is 4.79 Å². The van der Waals surface area contributed by atoms with Gasteiger partial charge in [-0.25, -0.2) is 5.43 Å². The van der Waals surface area contributed by atoms with Crippen LogP contribution < -0.4 is 11.3 Å². The number of hydrogen-bond donors (Lipinski definition) is 3. The highest BCUT2D eigenvalue weighted by Gasteiger charge is 1.96. The van der Waals surface area contributed by atoms with Gasteiger partial charge in [0, 0.05) is 5.75 Å². The first-order valence-electron chi connectivity index (χ1n) is 1.87. The first-order valence-corrected chi connectivity index (χ1v) is 2.50. The Labute approximate surface area is 47.6 Å². The monoisotopic (exact) mass is 120 g/mol. The van der Waals surface area contributed by atoms with E-state index in [9.17, 15) is 4.79 Å². The van der Waals surface area contributed by atoms with Gasteiger partial charge in [-0.1, -0.05) is 0 Å². The van der Waals surface area contributed by atoms with E-state index in [-0.39, 0.29) is 6.04 Å². The van der Waals surface area contributed by atoms with Gasteiger partial charge in [0.15, 0.2) is 0 Å². The quantitative estimate of drug-likeness (QED) is 0.193. The summed E-state index contributed by atoms with van der Waals surface area (Å²) in [6.07, 6.45) is 0.715. The van der Waals surface area contributed by atoms with Gasteiger partial charge in [-0.2, -0.15) is 12.6 Å². The van der Waals surface area contributed by atoms with E-state index in [1.807, 2.05) is 0 Å². The van der Waals surface area contributed by atoms with Gasteiger partial charge in [0.1, 0.15) is 6.29 Å². The maximum absolute atomic E-state index is 9.78. The third-order valence-electron chi connectivity index (χ3n) is 0.575. The van der Waals surface area contributed by atoms with Crippen molar-refractivity contribution in [2.75, 3.05) is 5.75 Å². The zero-order chi connectivity index (χ0) is 5.70. The van der Waals surface area contributed by atoms with Crippen LogP contribution in [-0.4, -0.2) is 18.1 Å². The number of hydrazine groups is 1. The van der Waals surface area contributed by atoms with Crippen molar-refractivity contribution in [3.63, 3.8) is 0 Å². The molecule has 0 spiro atoms. The van der Waals surface area contributed by atoms with Gasteiger partial charge in [0.05, 0.1) is 6.04 Å². The lowest BCUT2D eigenvalue weighted by atomic mass is 10.4. The lowest BCUT2D eigenvalue weighted by Crippen LogP contribution is -2.37. The van der Waals surface area contributed by atoms with Gasteiger partial charge in [-0.05, 0) is 0 Å². The third kappa shape index (κ3) is 2.61. The fraction of sp³-hybridized carbons (Fsp3) is 0.667. The van der Waals surface area contributed by atoms with E-state index in [4.69, 9.17) is 5.84 Å². The molecule has 0 heterocycles. The average molecular weight is 120 g/mol. The lowest BCUT2D eigenvalue weighted by molar-refractivity contribution is -0.109. The predicted octanol–water partition coefficient (Wildman–Crippen LogP) is -1.05. The molecule has 0 bridgehead atoms. The van der Waals surface area contributed by atoms with E-state index in [0.29, 0.717) is 12.0 Å². The Morgan fingerprint density at radius 2 is 2.57 bits per heavy atom. The van der Waals surface area contributed by atoms with Crippen LogP contribution in [0.4, 0.5) is 0 Å². The van der Waals surface area contributed by atoms with Gasteiger partial charge in [-0.15, -0.1) is 0 Å². The molecule has 0 fully saturated rings. The Hall–Kier alpha value is -0.0600. The average Bonchev–Trinajstić information content (AvgIpc) is 1.72. The predicted molar refractivity (Wildman–Crippen MR) is 31.0 cm³/mol. The number of aldehydes is 1. The van der Waals surface area contributed by atoms with Crippen molar-refractivity contribution in [2.24, 2.45) is 5.84 Å². The first kappa shape index (κ1) is 6.94. The molecule has 0 aromatic heterocycles. The molecule has 0 amide bonds. The molecule has 0 radical (unpaired) electrons. The summed E-state index contributed by atoms with van der Waals surface area (Å²) in [6, 6.07) is -0.302. The number of carbonyl (C=O) groups excluding carboxylic acids is 1. The summed E-state index contributed by atoms with van der Waals surface area (Å²) >= 11 is 3.80. The number of hydrogen-bond acceptors (Lipinski definition) is 4. The van der Waals surface area contributed by atoms with Crippen molar-refractivity contribution in [3.8, 4) is 0 Å². The number of nitrogens with one attached hydrogen (secondary N) is 1. The molecule has 0 aromatic rings. The van der Waals surface area contributed by atoms with Gasteiger partial charge < -0.3 is 4.79 Å². The second kappa shape index (κ2) is 4.11. The topological polar surface area (TPSA) is 55.1 Å². The summed E-state index contributed by atoms with van der Waals surface area (Å²) in [6.45, 7) is 0. The smallest absolute Gasteiger partial charge is 0.139 e. The summed E-state index contributed by atoms with van der Waals surface area (Å²) < 4.78 is 0. The number of rotatable bonds is 3. The molecule has 0 rings (SSSR count). The Morgan fingerprint density at radius 1 is 2.00 bits per heavy atom. The van der Waals surface area contributed by atoms with E-state index < -0.39 is 0 Å². The maximum atomic E-state index is 9.78. The summed E-state index contributed by atoms with van der Waals surface area (Å²) in [5.74, 6) is 5.31. The minimum atomic E-state index is -0.302. The molecule has 0 aliphatic rings. The summed E-state index contributed by atoms with van der Waals surface area (Å²) in [5.41, 5.74) is 2.26. The van der Waals surface area contributed by atoms with Crippen LogP contribution >= 0.6 is 12.6 Å². The van der Waals surface area contributed by atoms with Crippen molar-refractivity contribution in [1.82, 2.24) is 5.43 Å². The van der Waals surface area contributed by atoms with E-state index in [0.717, 1.165) is 0 Å². The van der Waals surface area contributed by atoms with Crippen LogP contribution in [0.15, 0.2) is 0 Å². The van der Waals surface area contributed by atoms with Crippen LogP contribution in [0, 0.1) is 0 Å². The van der Waals surface area contributed by atoms with Crippen LogP contribution in [0.5, 0.6) is 0 Å². The molecule has 0 saturated carbocycles. The molecule has 0 aliphatic carbocycles. The Kier molecular flexibility index (Phi) is 4.07. The Morgan fingerprint density at radius 3 is 2.57 bits per heavy atom. The maximum Gasteiger partial charge on any atom is 0.139 e. The van der Waals surface area contributed by atoms with Crippen molar-refractivity contribution < 1.29 is 4.79 Å². The molecule has 42 valence electrons. The van der Waals surface area contributed by atoms with Crippen molar-refractivity contribution in [2.45, 2.75) is 6.04 Å². The van der Waals surface area contributed by atoms with Crippen molar-refractivity contribution >= 4 is 18.9 Å².